The van der Waals surface area contributed by atoms with Gasteiger partial charge in [0.1, 0.15) is 23.3 Å². The molecule has 0 bridgehead atoms. The van der Waals surface area contributed by atoms with Crippen LogP contribution in [0.25, 0.3) is 5.82 Å². The molecule has 1 aromatic carbocycles. The van der Waals surface area contributed by atoms with Gasteiger partial charge in [-0.2, -0.15) is 0 Å². The molecule has 0 aliphatic rings. The van der Waals surface area contributed by atoms with Gasteiger partial charge < -0.3 is 5.32 Å². The molecule has 0 unspecified atom stereocenters. The summed E-state index contributed by atoms with van der Waals surface area (Å²) in [5.74, 6) is 2.77. The minimum absolute atomic E-state index is 0.236. The molecule has 3 aromatic rings. The molecule has 0 radical (unpaired) electrons. The number of hydrogen-bond acceptors (Lipinski definition) is 6. The summed E-state index contributed by atoms with van der Waals surface area (Å²) in [7, 11) is -3.51. The number of aromatic nitrogens is 4. The number of anilines is 1. The number of imidazole rings is 1. The van der Waals surface area contributed by atoms with Gasteiger partial charge in [-0.3, -0.25) is 4.57 Å². The number of nitrogens with zero attached hydrogens (tertiary/aromatic N) is 4. The molecule has 0 fully saturated rings. The average molecular weight is 372 g/mol. The second-order valence-corrected chi connectivity index (χ2v) is 7.41. The van der Waals surface area contributed by atoms with Gasteiger partial charge in [-0.25, -0.2) is 28.1 Å². The number of benzene rings is 1. The van der Waals surface area contributed by atoms with Crippen molar-refractivity contribution in [1.29, 1.82) is 0 Å². The highest BCUT2D eigenvalue weighted by Gasteiger charge is 2.12. The van der Waals surface area contributed by atoms with E-state index in [4.69, 9.17) is 0 Å². The lowest BCUT2D eigenvalue weighted by Crippen LogP contribution is -2.29. The van der Waals surface area contributed by atoms with Crippen molar-refractivity contribution in [3.05, 3.63) is 60.4 Å². The molecule has 3 rings (SSSR count). The van der Waals surface area contributed by atoms with Crippen molar-refractivity contribution >= 4 is 15.8 Å². The lowest BCUT2D eigenvalue weighted by molar-refractivity contribution is 0.583. The first-order valence-corrected chi connectivity index (χ1v) is 9.58. The van der Waals surface area contributed by atoms with Crippen LogP contribution in [0.2, 0.25) is 0 Å². The summed E-state index contributed by atoms with van der Waals surface area (Å²) < 4.78 is 28.8. The molecule has 8 nitrogen and oxygen atoms in total. The first kappa shape index (κ1) is 18.0. The smallest absolute Gasteiger partial charge is 0.240 e. The predicted molar refractivity (Wildman–Crippen MR) is 98.7 cm³/mol. The van der Waals surface area contributed by atoms with Gasteiger partial charge >= 0.3 is 0 Å². The monoisotopic (exact) mass is 372 g/mol. The van der Waals surface area contributed by atoms with Crippen molar-refractivity contribution in [2.75, 3.05) is 18.4 Å². The maximum atomic E-state index is 12.2. The zero-order valence-corrected chi connectivity index (χ0v) is 15.4. The summed E-state index contributed by atoms with van der Waals surface area (Å²) in [4.78, 5) is 13.2. The van der Waals surface area contributed by atoms with Crippen LogP contribution in [0, 0.1) is 13.8 Å². The van der Waals surface area contributed by atoms with Crippen LogP contribution in [0.4, 0.5) is 5.82 Å². The van der Waals surface area contributed by atoms with Crippen LogP contribution in [-0.2, 0) is 10.0 Å². The quantitative estimate of drug-likeness (QED) is 0.612. The molecule has 0 spiro atoms. The summed E-state index contributed by atoms with van der Waals surface area (Å²) in [6, 6.07) is 10.1. The van der Waals surface area contributed by atoms with E-state index in [2.05, 4.69) is 25.0 Å². The molecule has 0 atom stereocenters. The zero-order chi connectivity index (χ0) is 18.6. The molecule has 2 aromatic heterocycles. The summed E-state index contributed by atoms with van der Waals surface area (Å²) in [6.45, 7) is 4.33. The number of hydrogen-bond donors (Lipinski definition) is 2. The molecule has 0 saturated carbocycles. The summed E-state index contributed by atoms with van der Waals surface area (Å²) in [5.41, 5.74) is 0. The minimum Gasteiger partial charge on any atom is -0.369 e. The molecule has 0 amide bonds. The zero-order valence-electron chi connectivity index (χ0n) is 14.5. The fraction of sp³-hybridized carbons (Fsp3) is 0.235. The van der Waals surface area contributed by atoms with Crippen molar-refractivity contribution < 1.29 is 8.42 Å². The lowest BCUT2D eigenvalue weighted by Gasteiger charge is -2.11. The van der Waals surface area contributed by atoms with Crippen molar-refractivity contribution in [1.82, 2.24) is 24.2 Å². The van der Waals surface area contributed by atoms with Crippen LogP contribution >= 0.6 is 0 Å². The van der Waals surface area contributed by atoms with E-state index in [1.165, 1.54) is 0 Å². The Morgan fingerprint density at radius 2 is 1.85 bits per heavy atom. The first-order chi connectivity index (χ1) is 12.5. The third-order valence-corrected chi connectivity index (χ3v) is 5.15. The van der Waals surface area contributed by atoms with E-state index in [1.54, 1.807) is 49.5 Å². The normalized spacial score (nSPS) is 11.5. The van der Waals surface area contributed by atoms with Gasteiger partial charge in [0, 0.05) is 31.5 Å². The highest BCUT2D eigenvalue weighted by atomic mass is 32.2. The fourth-order valence-corrected chi connectivity index (χ4v) is 3.50. The molecule has 136 valence electrons. The number of sulfonamides is 1. The van der Waals surface area contributed by atoms with Crippen LogP contribution in [0.3, 0.4) is 0 Å². The summed E-state index contributed by atoms with van der Waals surface area (Å²) in [6.07, 6.45) is 3.53. The van der Waals surface area contributed by atoms with Crippen LogP contribution in [0.1, 0.15) is 11.6 Å². The summed E-state index contributed by atoms with van der Waals surface area (Å²) in [5, 5.41) is 3.12. The van der Waals surface area contributed by atoms with Crippen molar-refractivity contribution in [3.63, 3.8) is 0 Å². The Morgan fingerprint density at radius 1 is 1.08 bits per heavy atom. The Balaban J connectivity index is 1.62. The van der Waals surface area contributed by atoms with Gasteiger partial charge in [-0.1, -0.05) is 18.2 Å². The Bertz CT molecular complexity index is 985. The van der Waals surface area contributed by atoms with Crippen molar-refractivity contribution in [2.24, 2.45) is 0 Å². The number of nitrogens with one attached hydrogen (secondary N) is 2. The highest BCUT2D eigenvalue weighted by molar-refractivity contribution is 7.89. The Labute approximate surface area is 152 Å². The molecular weight excluding hydrogens is 352 g/mol. The fourth-order valence-electron chi connectivity index (χ4n) is 2.44. The third-order valence-electron chi connectivity index (χ3n) is 3.67. The van der Waals surface area contributed by atoms with Gasteiger partial charge in [0.05, 0.1) is 4.90 Å². The predicted octanol–water partition coefficient (Wildman–Crippen LogP) is 1.67. The SMILES string of the molecule is Cc1nc(NCCNS(=O)(=O)c2ccccc2)cc(-n2ccnc2C)n1. The molecule has 2 heterocycles. The second kappa shape index (κ2) is 7.63. The molecule has 0 aliphatic heterocycles. The van der Waals surface area contributed by atoms with Crippen LogP contribution in [-0.4, -0.2) is 41.0 Å². The van der Waals surface area contributed by atoms with Crippen LogP contribution < -0.4 is 10.0 Å². The van der Waals surface area contributed by atoms with E-state index >= 15 is 0 Å². The molecule has 0 saturated heterocycles. The average Bonchev–Trinajstić information content (AvgIpc) is 3.05. The minimum atomic E-state index is -3.51. The lowest BCUT2D eigenvalue weighted by atomic mass is 10.4. The van der Waals surface area contributed by atoms with E-state index in [9.17, 15) is 8.42 Å². The van der Waals surface area contributed by atoms with E-state index in [-0.39, 0.29) is 11.4 Å². The Kier molecular flexibility index (Phi) is 5.29. The van der Waals surface area contributed by atoms with E-state index in [0.717, 1.165) is 5.82 Å². The van der Waals surface area contributed by atoms with Gasteiger partial charge in [0.25, 0.3) is 0 Å². The van der Waals surface area contributed by atoms with Gasteiger partial charge in [-0.05, 0) is 26.0 Å². The van der Waals surface area contributed by atoms with Crippen molar-refractivity contribution in [2.45, 2.75) is 18.7 Å². The first-order valence-electron chi connectivity index (χ1n) is 8.10. The molecule has 26 heavy (non-hydrogen) atoms. The molecule has 0 aliphatic carbocycles. The topological polar surface area (TPSA) is 102 Å². The van der Waals surface area contributed by atoms with Gasteiger partial charge in [0.2, 0.25) is 10.0 Å². The van der Waals surface area contributed by atoms with E-state index in [0.29, 0.717) is 24.0 Å². The van der Waals surface area contributed by atoms with Crippen molar-refractivity contribution in [3.8, 4) is 5.82 Å². The highest BCUT2D eigenvalue weighted by Crippen LogP contribution is 2.12. The Morgan fingerprint density at radius 3 is 2.54 bits per heavy atom. The number of rotatable bonds is 7. The van der Waals surface area contributed by atoms with Gasteiger partial charge in [0.15, 0.2) is 0 Å². The third kappa shape index (κ3) is 4.24. The van der Waals surface area contributed by atoms with E-state index in [1.807, 2.05) is 17.7 Å². The molecule has 2 N–H and O–H groups in total. The van der Waals surface area contributed by atoms with Gasteiger partial charge in [-0.15, -0.1) is 0 Å². The molecular formula is C17H20N6O2S. The summed E-state index contributed by atoms with van der Waals surface area (Å²) >= 11 is 0. The van der Waals surface area contributed by atoms with Crippen LogP contribution in [0.15, 0.2) is 53.7 Å². The molecule has 9 heteroatoms. The maximum Gasteiger partial charge on any atom is 0.240 e. The largest absolute Gasteiger partial charge is 0.369 e. The second-order valence-electron chi connectivity index (χ2n) is 5.64. The van der Waals surface area contributed by atoms with E-state index < -0.39 is 10.0 Å². The Hall–Kier alpha value is -2.78. The maximum absolute atomic E-state index is 12.2. The van der Waals surface area contributed by atoms with Crippen LogP contribution in [0.5, 0.6) is 0 Å². The number of aryl methyl sites for hydroxylation is 2. The standard InChI is InChI=1S/C17H20N6O2S/c1-13-21-16(12-17(22-13)23-11-10-18-14(23)2)19-8-9-20-26(24,25)15-6-4-3-5-7-15/h3-7,10-12,20H,8-9H2,1-2H3,(H,19,21,22).